The molecule has 0 bridgehead atoms. The lowest BCUT2D eigenvalue weighted by Crippen LogP contribution is -2.24. The molecule has 5 heteroatoms. The van der Waals surface area contributed by atoms with Crippen molar-refractivity contribution in [2.75, 3.05) is 13.1 Å². The molecule has 0 atom stereocenters. The minimum atomic E-state index is -0.338. The van der Waals surface area contributed by atoms with Gasteiger partial charge in [0.1, 0.15) is 5.82 Å². The Kier molecular flexibility index (Phi) is 7.50. The number of unbranched alkanes of at least 4 members (excludes halogenated alkanes) is 1. The van der Waals surface area contributed by atoms with E-state index in [9.17, 15) is 9.18 Å². The minimum Gasteiger partial charge on any atom is -0.352 e. The molecule has 0 aliphatic heterocycles. The number of carbonyl (C=O) groups excluding carboxylic acids is 1. The van der Waals surface area contributed by atoms with E-state index in [1.807, 2.05) is 0 Å². The number of amides is 1. The van der Waals surface area contributed by atoms with Crippen LogP contribution in [0, 0.1) is 5.82 Å². The number of nitrogens with two attached hydrogens (primary N) is 1. The summed E-state index contributed by atoms with van der Waals surface area (Å²) in [6.45, 7) is 1.24. The molecule has 1 aromatic rings. The first-order valence-corrected chi connectivity index (χ1v) is 4.98. The van der Waals surface area contributed by atoms with Crippen LogP contribution in [0.2, 0.25) is 0 Å². The normalized spacial score (nSPS) is 9.38. The van der Waals surface area contributed by atoms with Crippen LogP contribution in [0.3, 0.4) is 0 Å². The number of nitrogens with one attached hydrogen (secondary N) is 1. The van der Waals surface area contributed by atoms with Crippen molar-refractivity contribution in [2.24, 2.45) is 5.73 Å². The SMILES string of the molecule is Cl.NCCCCNC(=O)c1ccc(F)cc1. The molecule has 0 unspecified atom stereocenters. The molecular formula is C11H16ClFN2O. The summed E-state index contributed by atoms with van der Waals surface area (Å²) in [6, 6.07) is 5.48. The molecule has 0 spiro atoms. The van der Waals surface area contributed by atoms with Crippen molar-refractivity contribution in [3.8, 4) is 0 Å². The Morgan fingerprint density at radius 2 is 1.88 bits per heavy atom. The van der Waals surface area contributed by atoms with Gasteiger partial charge in [0.15, 0.2) is 0 Å². The molecule has 0 aliphatic rings. The fourth-order valence-corrected chi connectivity index (χ4v) is 1.17. The molecule has 0 radical (unpaired) electrons. The number of hydrogen-bond donors (Lipinski definition) is 2. The summed E-state index contributed by atoms with van der Waals surface area (Å²) in [5.41, 5.74) is 5.79. The predicted molar refractivity (Wildman–Crippen MR) is 64.3 cm³/mol. The molecule has 0 saturated heterocycles. The second-order valence-electron chi connectivity index (χ2n) is 3.26. The van der Waals surface area contributed by atoms with E-state index < -0.39 is 0 Å². The third-order valence-corrected chi connectivity index (χ3v) is 2.02. The number of hydrogen-bond acceptors (Lipinski definition) is 2. The Hall–Kier alpha value is -1.13. The van der Waals surface area contributed by atoms with E-state index in [0.717, 1.165) is 12.8 Å². The Morgan fingerprint density at radius 3 is 2.44 bits per heavy atom. The summed E-state index contributed by atoms with van der Waals surface area (Å²) in [5.74, 6) is -0.512. The zero-order valence-electron chi connectivity index (χ0n) is 8.91. The molecule has 3 N–H and O–H groups in total. The maximum Gasteiger partial charge on any atom is 0.251 e. The summed E-state index contributed by atoms with van der Waals surface area (Å²) >= 11 is 0. The van der Waals surface area contributed by atoms with Crippen LogP contribution in [0.25, 0.3) is 0 Å². The van der Waals surface area contributed by atoms with Gasteiger partial charge in [-0.25, -0.2) is 4.39 Å². The van der Waals surface area contributed by atoms with Gasteiger partial charge >= 0.3 is 0 Å². The molecule has 0 heterocycles. The van der Waals surface area contributed by atoms with Crippen LogP contribution in [-0.4, -0.2) is 19.0 Å². The molecule has 90 valence electrons. The van der Waals surface area contributed by atoms with Crippen LogP contribution < -0.4 is 11.1 Å². The topological polar surface area (TPSA) is 55.1 Å². The van der Waals surface area contributed by atoms with Gasteiger partial charge in [0.05, 0.1) is 0 Å². The van der Waals surface area contributed by atoms with Crippen molar-refractivity contribution in [3.63, 3.8) is 0 Å². The summed E-state index contributed by atoms with van der Waals surface area (Å²) < 4.78 is 12.6. The van der Waals surface area contributed by atoms with Crippen LogP contribution >= 0.6 is 12.4 Å². The lowest BCUT2D eigenvalue weighted by Gasteiger charge is -2.04. The van der Waals surface area contributed by atoms with E-state index in [1.54, 1.807) is 0 Å². The van der Waals surface area contributed by atoms with E-state index in [1.165, 1.54) is 24.3 Å². The molecule has 16 heavy (non-hydrogen) atoms. The van der Waals surface area contributed by atoms with Crippen molar-refractivity contribution < 1.29 is 9.18 Å². The third-order valence-electron chi connectivity index (χ3n) is 2.02. The summed E-state index contributed by atoms with van der Waals surface area (Å²) in [6.07, 6.45) is 1.76. The third kappa shape index (κ3) is 5.09. The Morgan fingerprint density at radius 1 is 1.25 bits per heavy atom. The van der Waals surface area contributed by atoms with E-state index in [4.69, 9.17) is 5.73 Å². The number of halogens is 2. The molecule has 0 fully saturated rings. The first kappa shape index (κ1) is 14.9. The van der Waals surface area contributed by atoms with Gasteiger partial charge in [-0.3, -0.25) is 4.79 Å². The lowest BCUT2D eigenvalue weighted by atomic mass is 10.2. The Labute approximate surface area is 101 Å². The highest BCUT2D eigenvalue weighted by Crippen LogP contribution is 2.02. The highest BCUT2D eigenvalue weighted by Gasteiger charge is 2.03. The maximum atomic E-state index is 12.6. The average Bonchev–Trinajstić information content (AvgIpc) is 2.25. The van der Waals surface area contributed by atoms with Gasteiger partial charge in [-0.1, -0.05) is 0 Å². The van der Waals surface area contributed by atoms with Gasteiger partial charge in [-0.15, -0.1) is 12.4 Å². The first-order valence-electron chi connectivity index (χ1n) is 4.98. The first-order chi connectivity index (χ1) is 7.24. The van der Waals surface area contributed by atoms with Crippen molar-refractivity contribution in [1.82, 2.24) is 5.32 Å². The number of rotatable bonds is 5. The van der Waals surface area contributed by atoms with Gasteiger partial charge in [0.2, 0.25) is 0 Å². The molecule has 0 saturated carbocycles. The van der Waals surface area contributed by atoms with Crippen molar-refractivity contribution in [2.45, 2.75) is 12.8 Å². The fourth-order valence-electron chi connectivity index (χ4n) is 1.17. The van der Waals surface area contributed by atoms with Crippen molar-refractivity contribution in [1.29, 1.82) is 0 Å². The zero-order valence-corrected chi connectivity index (χ0v) is 9.73. The largest absolute Gasteiger partial charge is 0.352 e. The average molecular weight is 247 g/mol. The summed E-state index contributed by atoms with van der Waals surface area (Å²) in [5, 5.41) is 2.74. The van der Waals surface area contributed by atoms with E-state index >= 15 is 0 Å². The second kappa shape index (κ2) is 8.07. The standard InChI is InChI=1S/C11H15FN2O.ClH/c12-10-5-3-9(4-6-10)11(15)14-8-2-1-7-13;/h3-6H,1-2,7-8,13H2,(H,14,15);1H. The van der Waals surface area contributed by atoms with Gasteiger partial charge in [-0.05, 0) is 43.7 Å². The van der Waals surface area contributed by atoms with Crippen LogP contribution in [0.15, 0.2) is 24.3 Å². The minimum absolute atomic E-state index is 0. The van der Waals surface area contributed by atoms with E-state index in [-0.39, 0.29) is 24.1 Å². The number of benzene rings is 1. The van der Waals surface area contributed by atoms with Gasteiger partial charge in [0, 0.05) is 12.1 Å². The predicted octanol–water partition coefficient (Wildman–Crippen LogP) is 1.72. The van der Waals surface area contributed by atoms with Crippen LogP contribution in [-0.2, 0) is 0 Å². The summed E-state index contributed by atoms with van der Waals surface area (Å²) in [7, 11) is 0. The van der Waals surface area contributed by atoms with E-state index in [0.29, 0.717) is 18.7 Å². The summed E-state index contributed by atoms with van der Waals surface area (Å²) in [4.78, 5) is 11.5. The van der Waals surface area contributed by atoms with Crippen LogP contribution in [0.4, 0.5) is 4.39 Å². The highest BCUT2D eigenvalue weighted by molar-refractivity contribution is 5.94. The molecule has 1 aromatic carbocycles. The second-order valence-corrected chi connectivity index (χ2v) is 3.26. The van der Waals surface area contributed by atoms with Crippen LogP contribution in [0.5, 0.6) is 0 Å². The van der Waals surface area contributed by atoms with Gasteiger partial charge < -0.3 is 11.1 Å². The van der Waals surface area contributed by atoms with Gasteiger partial charge in [-0.2, -0.15) is 0 Å². The Bertz CT molecular complexity index is 316. The smallest absolute Gasteiger partial charge is 0.251 e. The maximum absolute atomic E-state index is 12.6. The zero-order chi connectivity index (χ0) is 11.1. The molecule has 3 nitrogen and oxygen atoms in total. The fraction of sp³-hybridized carbons (Fsp3) is 0.364. The van der Waals surface area contributed by atoms with Crippen molar-refractivity contribution in [3.05, 3.63) is 35.6 Å². The molecule has 1 rings (SSSR count). The number of carbonyl (C=O) groups is 1. The Balaban J connectivity index is 0.00000225. The quantitative estimate of drug-likeness (QED) is 0.778. The highest BCUT2D eigenvalue weighted by atomic mass is 35.5. The van der Waals surface area contributed by atoms with Gasteiger partial charge in [0.25, 0.3) is 5.91 Å². The monoisotopic (exact) mass is 246 g/mol. The molecule has 0 aliphatic carbocycles. The molecule has 1 amide bonds. The van der Waals surface area contributed by atoms with Crippen molar-refractivity contribution >= 4 is 18.3 Å². The lowest BCUT2D eigenvalue weighted by molar-refractivity contribution is 0.0953. The molecule has 0 aromatic heterocycles. The van der Waals surface area contributed by atoms with E-state index in [2.05, 4.69) is 5.32 Å². The molecular weight excluding hydrogens is 231 g/mol. The van der Waals surface area contributed by atoms with Crippen LogP contribution in [0.1, 0.15) is 23.2 Å².